The Kier molecular flexibility index (Phi) is 4.60. The molecule has 0 heterocycles. The SMILES string of the molecule is CC(O)(CNC(=O)c1cc(Cl)ccc1F)c1ccccc1. The van der Waals surface area contributed by atoms with Crippen LogP contribution in [0.25, 0.3) is 0 Å². The molecule has 0 aliphatic carbocycles. The third kappa shape index (κ3) is 3.80. The normalized spacial score (nSPS) is 13.5. The van der Waals surface area contributed by atoms with E-state index in [0.717, 1.165) is 6.07 Å². The number of hydrogen-bond donors (Lipinski definition) is 2. The van der Waals surface area contributed by atoms with Gasteiger partial charge in [0.05, 0.1) is 12.1 Å². The number of carbonyl (C=O) groups excluding carboxylic acids is 1. The molecule has 0 aliphatic heterocycles. The average molecular weight is 308 g/mol. The van der Waals surface area contributed by atoms with E-state index in [1.54, 1.807) is 31.2 Å². The predicted molar refractivity (Wildman–Crippen MR) is 79.8 cm³/mol. The summed E-state index contributed by atoms with van der Waals surface area (Å²) < 4.78 is 13.6. The maximum absolute atomic E-state index is 13.6. The summed E-state index contributed by atoms with van der Waals surface area (Å²) in [7, 11) is 0. The molecular weight excluding hydrogens is 293 g/mol. The first-order chi connectivity index (χ1) is 9.90. The lowest BCUT2D eigenvalue weighted by atomic mass is 9.96. The fourth-order valence-corrected chi connectivity index (χ4v) is 2.09. The molecule has 0 saturated carbocycles. The summed E-state index contributed by atoms with van der Waals surface area (Å²) in [5, 5.41) is 13.2. The van der Waals surface area contributed by atoms with E-state index in [9.17, 15) is 14.3 Å². The molecule has 2 N–H and O–H groups in total. The number of benzene rings is 2. The zero-order valence-corrected chi connectivity index (χ0v) is 12.2. The van der Waals surface area contributed by atoms with Crippen molar-refractivity contribution in [1.29, 1.82) is 0 Å². The Bertz CT molecular complexity index is 644. The summed E-state index contributed by atoms with van der Waals surface area (Å²) >= 11 is 5.75. The summed E-state index contributed by atoms with van der Waals surface area (Å²) in [4.78, 5) is 12.0. The minimum Gasteiger partial charge on any atom is -0.384 e. The second-order valence-electron chi connectivity index (χ2n) is 4.95. The van der Waals surface area contributed by atoms with Crippen LogP contribution < -0.4 is 5.32 Å². The van der Waals surface area contributed by atoms with Crippen molar-refractivity contribution < 1.29 is 14.3 Å². The first-order valence-electron chi connectivity index (χ1n) is 6.41. The largest absolute Gasteiger partial charge is 0.384 e. The maximum atomic E-state index is 13.6. The van der Waals surface area contributed by atoms with E-state index in [0.29, 0.717) is 5.56 Å². The first kappa shape index (κ1) is 15.5. The van der Waals surface area contributed by atoms with Gasteiger partial charge >= 0.3 is 0 Å². The van der Waals surface area contributed by atoms with Gasteiger partial charge in [-0.15, -0.1) is 0 Å². The zero-order chi connectivity index (χ0) is 15.5. The fraction of sp³-hybridized carbons (Fsp3) is 0.188. The van der Waals surface area contributed by atoms with Gasteiger partial charge in [0.1, 0.15) is 11.4 Å². The summed E-state index contributed by atoms with van der Waals surface area (Å²) in [6.45, 7) is 1.54. The topological polar surface area (TPSA) is 49.3 Å². The molecule has 0 spiro atoms. The molecule has 0 aromatic heterocycles. The molecule has 3 nitrogen and oxygen atoms in total. The third-order valence-corrected chi connectivity index (χ3v) is 3.40. The molecule has 5 heteroatoms. The molecule has 21 heavy (non-hydrogen) atoms. The van der Waals surface area contributed by atoms with Crippen LogP contribution in [-0.4, -0.2) is 17.6 Å². The second kappa shape index (κ2) is 6.24. The number of rotatable bonds is 4. The van der Waals surface area contributed by atoms with Gasteiger partial charge in [0.2, 0.25) is 0 Å². The lowest BCUT2D eigenvalue weighted by Gasteiger charge is -2.24. The minimum absolute atomic E-state index is 0.0399. The Morgan fingerprint density at radius 3 is 2.62 bits per heavy atom. The summed E-state index contributed by atoms with van der Waals surface area (Å²) in [5.41, 5.74) is -0.727. The highest BCUT2D eigenvalue weighted by Gasteiger charge is 2.24. The molecule has 2 rings (SSSR count). The lowest BCUT2D eigenvalue weighted by Crippen LogP contribution is -2.38. The van der Waals surface area contributed by atoms with E-state index < -0.39 is 17.3 Å². The van der Waals surface area contributed by atoms with E-state index in [-0.39, 0.29) is 17.1 Å². The molecule has 0 saturated heterocycles. The van der Waals surface area contributed by atoms with Crippen LogP contribution in [0.2, 0.25) is 5.02 Å². The standard InChI is InChI=1S/C16H15ClFNO2/c1-16(21,11-5-3-2-4-6-11)10-19-15(20)13-9-12(17)7-8-14(13)18/h2-9,21H,10H2,1H3,(H,19,20). The van der Waals surface area contributed by atoms with Crippen molar-refractivity contribution in [3.05, 3.63) is 70.5 Å². The Hall–Kier alpha value is -1.91. The summed E-state index contributed by atoms with van der Waals surface area (Å²) in [6, 6.07) is 12.7. The Morgan fingerprint density at radius 2 is 1.95 bits per heavy atom. The van der Waals surface area contributed by atoms with Crippen molar-refractivity contribution in [2.75, 3.05) is 6.54 Å². The Labute approximate surface area is 127 Å². The van der Waals surface area contributed by atoms with Gasteiger partial charge < -0.3 is 10.4 Å². The van der Waals surface area contributed by atoms with Crippen LogP contribution in [-0.2, 0) is 5.60 Å². The van der Waals surface area contributed by atoms with Crippen LogP contribution in [0.5, 0.6) is 0 Å². The number of halogens is 2. The molecular formula is C16H15ClFNO2. The highest BCUT2D eigenvalue weighted by molar-refractivity contribution is 6.31. The number of aliphatic hydroxyl groups is 1. The number of amides is 1. The summed E-state index contributed by atoms with van der Waals surface area (Å²) in [6.07, 6.45) is 0. The lowest BCUT2D eigenvalue weighted by molar-refractivity contribution is 0.0525. The Balaban J connectivity index is 2.09. The molecule has 2 aromatic rings. The second-order valence-corrected chi connectivity index (χ2v) is 5.38. The molecule has 0 fully saturated rings. The molecule has 2 aromatic carbocycles. The van der Waals surface area contributed by atoms with Gasteiger partial charge in [-0.2, -0.15) is 0 Å². The van der Waals surface area contributed by atoms with Gasteiger partial charge in [-0.25, -0.2) is 4.39 Å². The van der Waals surface area contributed by atoms with E-state index in [2.05, 4.69) is 5.32 Å². The minimum atomic E-state index is -1.24. The van der Waals surface area contributed by atoms with Crippen LogP contribution in [0.15, 0.2) is 48.5 Å². The number of nitrogens with one attached hydrogen (secondary N) is 1. The van der Waals surface area contributed by atoms with Crippen molar-refractivity contribution in [1.82, 2.24) is 5.32 Å². The van der Waals surface area contributed by atoms with E-state index in [4.69, 9.17) is 11.6 Å². The van der Waals surface area contributed by atoms with Crippen molar-refractivity contribution in [2.24, 2.45) is 0 Å². The van der Waals surface area contributed by atoms with Crippen LogP contribution in [0.4, 0.5) is 4.39 Å². The molecule has 1 unspecified atom stereocenters. The number of hydrogen-bond acceptors (Lipinski definition) is 2. The van der Waals surface area contributed by atoms with Crippen molar-refractivity contribution in [3.63, 3.8) is 0 Å². The predicted octanol–water partition coefficient (Wildman–Crippen LogP) is 3.12. The van der Waals surface area contributed by atoms with Gasteiger partial charge in [0, 0.05) is 5.02 Å². The van der Waals surface area contributed by atoms with E-state index in [1.807, 2.05) is 6.07 Å². The quantitative estimate of drug-likeness (QED) is 0.912. The fourth-order valence-electron chi connectivity index (χ4n) is 1.92. The molecule has 1 atom stereocenters. The molecule has 0 aliphatic rings. The highest BCUT2D eigenvalue weighted by Crippen LogP contribution is 2.20. The average Bonchev–Trinajstić information content (AvgIpc) is 2.48. The van der Waals surface area contributed by atoms with Gasteiger partial charge in [-0.05, 0) is 30.7 Å². The smallest absolute Gasteiger partial charge is 0.254 e. The zero-order valence-electron chi connectivity index (χ0n) is 11.4. The number of carbonyl (C=O) groups is 1. The van der Waals surface area contributed by atoms with Crippen LogP contribution in [0.1, 0.15) is 22.8 Å². The summed E-state index contributed by atoms with van der Waals surface area (Å²) in [5.74, 6) is -1.28. The van der Waals surface area contributed by atoms with Gasteiger partial charge in [-0.3, -0.25) is 4.79 Å². The van der Waals surface area contributed by atoms with Gasteiger partial charge in [-0.1, -0.05) is 41.9 Å². The first-order valence-corrected chi connectivity index (χ1v) is 6.79. The van der Waals surface area contributed by atoms with Crippen molar-refractivity contribution >= 4 is 17.5 Å². The third-order valence-electron chi connectivity index (χ3n) is 3.16. The maximum Gasteiger partial charge on any atom is 0.254 e. The monoisotopic (exact) mass is 307 g/mol. The van der Waals surface area contributed by atoms with Gasteiger partial charge in [0.15, 0.2) is 0 Å². The molecule has 0 bridgehead atoms. The van der Waals surface area contributed by atoms with Crippen molar-refractivity contribution in [3.8, 4) is 0 Å². The Morgan fingerprint density at radius 1 is 1.29 bits per heavy atom. The van der Waals surface area contributed by atoms with Crippen LogP contribution >= 0.6 is 11.6 Å². The molecule has 110 valence electrons. The van der Waals surface area contributed by atoms with E-state index in [1.165, 1.54) is 12.1 Å². The molecule has 0 radical (unpaired) electrons. The molecule has 1 amide bonds. The van der Waals surface area contributed by atoms with Crippen molar-refractivity contribution in [2.45, 2.75) is 12.5 Å². The van der Waals surface area contributed by atoms with Crippen LogP contribution in [0, 0.1) is 5.82 Å². The highest BCUT2D eigenvalue weighted by atomic mass is 35.5. The van der Waals surface area contributed by atoms with E-state index >= 15 is 0 Å². The van der Waals surface area contributed by atoms with Crippen LogP contribution in [0.3, 0.4) is 0 Å². The van der Waals surface area contributed by atoms with Gasteiger partial charge in [0.25, 0.3) is 5.91 Å².